The zero-order chi connectivity index (χ0) is 28.0. The second kappa shape index (κ2) is 10.3. The van der Waals surface area contributed by atoms with E-state index in [0.29, 0.717) is 27.8 Å². The van der Waals surface area contributed by atoms with Crippen molar-refractivity contribution in [2.24, 2.45) is 7.05 Å². The summed E-state index contributed by atoms with van der Waals surface area (Å²) >= 11 is 6.36. The van der Waals surface area contributed by atoms with Crippen molar-refractivity contribution in [3.05, 3.63) is 107 Å². The molecule has 0 amide bonds. The molecule has 1 aliphatic heterocycles. The van der Waals surface area contributed by atoms with Crippen LogP contribution in [0.2, 0.25) is 5.02 Å². The van der Waals surface area contributed by atoms with Gasteiger partial charge in [-0.2, -0.15) is 4.52 Å². The number of aromatic nitrogens is 7. The van der Waals surface area contributed by atoms with E-state index in [-0.39, 0.29) is 0 Å². The fourth-order valence-corrected chi connectivity index (χ4v) is 6.15. The maximum Gasteiger partial charge on any atom is 0.274 e. The van der Waals surface area contributed by atoms with Crippen molar-refractivity contribution in [3.63, 3.8) is 0 Å². The maximum absolute atomic E-state index is 12.7. The third-order valence-corrected chi connectivity index (χ3v) is 8.31. The van der Waals surface area contributed by atoms with Crippen molar-refractivity contribution in [1.82, 2.24) is 39.5 Å². The largest absolute Gasteiger partial charge is 0.374 e. The van der Waals surface area contributed by atoms with E-state index in [0.717, 1.165) is 41.7 Å². The van der Waals surface area contributed by atoms with Crippen LogP contribution in [-0.2, 0) is 19.2 Å². The van der Waals surface area contributed by atoms with E-state index in [1.807, 2.05) is 66.2 Å². The SMILES string of the molecule is Cn1cncc1C(O)(c1ccc(CN2CCCCC2)cc1)c1ccc2c(c1)c(-c1cccc(Cl)c1)nc1nnnn12. The Morgan fingerprint density at radius 1 is 0.951 bits per heavy atom. The van der Waals surface area contributed by atoms with Crippen LogP contribution in [0.1, 0.15) is 41.6 Å². The minimum atomic E-state index is -1.48. The van der Waals surface area contributed by atoms with E-state index in [1.54, 1.807) is 17.0 Å². The van der Waals surface area contributed by atoms with Gasteiger partial charge in [0.15, 0.2) is 5.60 Å². The molecule has 1 aliphatic rings. The Hall–Kier alpha value is -4.18. The number of tetrazole rings is 1. The minimum absolute atomic E-state index is 0.381. The van der Waals surface area contributed by atoms with E-state index in [4.69, 9.17) is 16.6 Å². The van der Waals surface area contributed by atoms with E-state index < -0.39 is 5.60 Å². The molecule has 1 fully saturated rings. The molecule has 1 unspecified atom stereocenters. The van der Waals surface area contributed by atoms with Crippen LogP contribution < -0.4 is 0 Å². The maximum atomic E-state index is 12.7. The van der Waals surface area contributed by atoms with Crippen molar-refractivity contribution < 1.29 is 5.11 Å². The predicted molar refractivity (Wildman–Crippen MR) is 157 cm³/mol. The summed E-state index contributed by atoms with van der Waals surface area (Å²) in [6.07, 6.45) is 7.24. The lowest BCUT2D eigenvalue weighted by molar-refractivity contribution is 0.117. The quantitative estimate of drug-likeness (QED) is 0.304. The molecule has 7 rings (SSSR count). The Morgan fingerprint density at radius 3 is 2.51 bits per heavy atom. The summed E-state index contributed by atoms with van der Waals surface area (Å²) in [5, 5.41) is 26.2. The van der Waals surface area contributed by atoms with Crippen LogP contribution in [-0.4, -0.2) is 57.7 Å². The first-order valence-electron chi connectivity index (χ1n) is 13.8. The highest BCUT2D eigenvalue weighted by Crippen LogP contribution is 2.39. The molecule has 0 saturated carbocycles. The van der Waals surface area contributed by atoms with Gasteiger partial charge in [-0.1, -0.05) is 65.6 Å². The van der Waals surface area contributed by atoms with Crippen LogP contribution in [0.3, 0.4) is 0 Å². The number of fused-ring (bicyclic) bond motifs is 3. The van der Waals surface area contributed by atoms with Gasteiger partial charge < -0.3 is 9.67 Å². The highest BCUT2D eigenvalue weighted by atomic mass is 35.5. The number of rotatable bonds is 6. The van der Waals surface area contributed by atoms with Crippen molar-refractivity contribution in [2.45, 2.75) is 31.4 Å². The molecule has 41 heavy (non-hydrogen) atoms. The van der Waals surface area contributed by atoms with Gasteiger partial charge in [0.05, 0.1) is 29.4 Å². The number of halogens is 1. The molecule has 1 saturated heterocycles. The Morgan fingerprint density at radius 2 is 1.76 bits per heavy atom. The van der Waals surface area contributed by atoms with Gasteiger partial charge in [0.1, 0.15) is 0 Å². The summed E-state index contributed by atoms with van der Waals surface area (Å²) in [7, 11) is 1.89. The molecule has 6 aromatic rings. The number of imidazole rings is 1. The highest BCUT2D eigenvalue weighted by molar-refractivity contribution is 6.30. The average Bonchev–Trinajstić information content (AvgIpc) is 3.66. The first-order valence-corrected chi connectivity index (χ1v) is 14.2. The standard InChI is InChI=1S/C31H29ClN8O/c1-38-20-33-18-28(38)31(41,23-10-8-21(9-11-23)19-39-14-3-2-4-15-39)24-12-13-27-26(17-24)29(22-6-5-7-25(32)16-22)34-30-35-36-37-40(27)30/h5-13,16-18,20,41H,2-4,14-15,19H2,1H3. The molecule has 9 nitrogen and oxygen atoms in total. The molecule has 0 aliphatic carbocycles. The Kier molecular flexibility index (Phi) is 6.50. The van der Waals surface area contributed by atoms with Crippen molar-refractivity contribution >= 4 is 28.3 Å². The van der Waals surface area contributed by atoms with Crippen LogP contribution >= 0.6 is 11.6 Å². The van der Waals surface area contributed by atoms with E-state index >= 15 is 0 Å². The molecule has 10 heteroatoms. The molecular weight excluding hydrogens is 536 g/mol. The number of aryl methyl sites for hydroxylation is 1. The van der Waals surface area contributed by atoms with Crippen LogP contribution in [0, 0.1) is 0 Å². The first-order chi connectivity index (χ1) is 20.0. The van der Waals surface area contributed by atoms with Gasteiger partial charge in [0.25, 0.3) is 5.78 Å². The molecule has 1 atom stereocenters. The zero-order valence-corrected chi connectivity index (χ0v) is 23.4. The summed E-state index contributed by atoms with van der Waals surface area (Å²) in [4.78, 5) is 11.6. The first kappa shape index (κ1) is 25.8. The predicted octanol–water partition coefficient (Wildman–Crippen LogP) is 5.00. The zero-order valence-electron chi connectivity index (χ0n) is 22.7. The molecule has 3 aromatic heterocycles. The molecule has 206 valence electrons. The lowest BCUT2D eigenvalue weighted by Crippen LogP contribution is -2.31. The third kappa shape index (κ3) is 4.56. The Labute approximate surface area is 242 Å². The molecule has 0 bridgehead atoms. The van der Waals surface area contributed by atoms with Crippen LogP contribution in [0.5, 0.6) is 0 Å². The number of benzene rings is 3. The van der Waals surface area contributed by atoms with E-state index in [1.165, 1.54) is 24.8 Å². The van der Waals surface area contributed by atoms with Crippen molar-refractivity contribution in [3.8, 4) is 11.3 Å². The van der Waals surface area contributed by atoms with E-state index in [9.17, 15) is 5.11 Å². The molecular formula is C31H29ClN8O. The van der Waals surface area contributed by atoms with Crippen LogP contribution in [0.15, 0.2) is 79.3 Å². The fraction of sp³-hybridized carbons (Fsp3) is 0.258. The number of nitrogens with zero attached hydrogens (tertiary/aromatic N) is 8. The smallest absolute Gasteiger partial charge is 0.274 e. The van der Waals surface area contributed by atoms with Crippen LogP contribution in [0.4, 0.5) is 0 Å². The number of likely N-dealkylation sites (tertiary alicyclic amines) is 1. The topological polar surface area (TPSA) is 97.3 Å². The van der Waals surface area contributed by atoms with Gasteiger partial charge in [-0.05, 0) is 77.3 Å². The van der Waals surface area contributed by atoms with Gasteiger partial charge in [0, 0.05) is 29.6 Å². The summed E-state index contributed by atoms with van der Waals surface area (Å²) in [6, 6.07) is 21.6. The number of piperidine rings is 1. The molecule has 3 aromatic carbocycles. The number of aliphatic hydroxyl groups is 1. The lowest BCUT2D eigenvalue weighted by atomic mass is 9.82. The fourth-order valence-electron chi connectivity index (χ4n) is 5.95. The molecule has 0 radical (unpaired) electrons. The monoisotopic (exact) mass is 564 g/mol. The highest BCUT2D eigenvalue weighted by Gasteiger charge is 2.37. The van der Waals surface area contributed by atoms with E-state index in [2.05, 4.69) is 37.5 Å². The second-order valence-electron chi connectivity index (χ2n) is 10.7. The summed E-state index contributed by atoms with van der Waals surface area (Å²) in [5.41, 5.74) is 4.11. The van der Waals surface area contributed by atoms with Crippen molar-refractivity contribution in [1.29, 1.82) is 0 Å². The second-order valence-corrected chi connectivity index (χ2v) is 11.2. The minimum Gasteiger partial charge on any atom is -0.374 e. The summed E-state index contributed by atoms with van der Waals surface area (Å²) in [6.45, 7) is 3.18. The van der Waals surface area contributed by atoms with Gasteiger partial charge in [0.2, 0.25) is 0 Å². The summed E-state index contributed by atoms with van der Waals surface area (Å²) in [5.74, 6) is 0.381. The van der Waals surface area contributed by atoms with Crippen LogP contribution in [0.25, 0.3) is 27.9 Å². The lowest BCUT2D eigenvalue weighted by Gasteiger charge is -2.31. The third-order valence-electron chi connectivity index (χ3n) is 8.07. The van der Waals surface area contributed by atoms with Gasteiger partial charge in [-0.25, -0.2) is 9.97 Å². The van der Waals surface area contributed by atoms with Gasteiger partial charge in [-0.3, -0.25) is 4.90 Å². The van der Waals surface area contributed by atoms with Gasteiger partial charge in [-0.15, -0.1) is 0 Å². The average molecular weight is 565 g/mol. The normalized spacial score (nSPS) is 15.9. The molecule has 1 N–H and O–H groups in total. The molecule has 4 heterocycles. The van der Waals surface area contributed by atoms with Gasteiger partial charge >= 0.3 is 0 Å². The molecule has 0 spiro atoms. The Bertz CT molecular complexity index is 1860. The Balaban J connectivity index is 1.39. The number of hydrogen-bond donors (Lipinski definition) is 1. The summed E-state index contributed by atoms with van der Waals surface area (Å²) < 4.78 is 3.46. The van der Waals surface area contributed by atoms with Crippen molar-refractivity contribution in [2.75, 3.05) is 13.1 Å². The number of hydrogen-bond acceptors (Lipinski definition) is 7.